The lowest BCUT2D eigenvalue weighted by atomic mass is 10.2. The first-order valence-corrected chi connectivity index (χ1v) is 5.36. The zero-order valence-corrected chi connectivity index (χ0v) is 9.58. The van der Waals surface area contributed by atoms with Gasteiger partial charge in [-0.05, 0) is 41.5 Å². The Morgan fingerprint density at radius 2 is 2.29 bits per heavy atom. The highest BCUT2D eigenvalue weighted by Crippen LogP contribution is 2.20. The fourth-order valence-corrected chi connectivity index (χ4v) is 2.08. The molecule has 0 saturated carbocycles. The summed E-state index contributed by atoms with van der Waals surface area (Å²) >= 11 is 3.53. The summed E-state index contributed by atoms with van der Waals surface area (Å²) < 4.78 is 3.12. The average Bonchev–Trinajstić information content (AvgIpc) is 2.45. The molecular formula is C10H12BrN3. The zero-order chi connectivity index (χ0) is 10.1. The maximum Gasteiger partial charge on any atom is 0.138 e. The van der Waals surface area contributed by atoms with Crippen molar-refractivity contribution in [2.75, 3.05) is 6.54 Å². The molecule has 2 rings (SSSR count). The normalized spacial score (nSPS) is 11.1. The highest BCUT2D eigenvalue weighted by atomic mass is 79.9. The van der Waals surface area contributed by atoms with Crippen molar-refractivity contribution in [3.8, 4) is 0 Å². The molecule has 0 aliphatic carbocycles. The molecule has 0 spiro atoms. The number of aryl methyl sites for hydroxylation is 1. The summed E-state index contributed by atoms with van der Waals surface area (Å²) in [6.07, 6.45) is 0.867. The van der Waals surface area contributed by atoms with Crippen LogP contribution < -0.4 is 5.73 Å². The lowest BCUT2D eigenvalue weighted by molar-refractivity contribution is 0.888. The standard InChI is InChI=1S/C10H12BrN3/c1-7-10(11)14-8(5-6-12)3-2-4-9(14)13-7/h2-4H,5-6,12H2,1H3. The minimum atomic E-state index is 0.656. The van der Waals surface area contributed by atoms with Gasteiger partial charge in [-0.1, -0.05) is 6.07 Å². The molecule has 0 amide bonds. The number of fused-ring (bicyclic) bond motifs is 1. The number of nitrogens with two attached hydrogens (primary N) is 1. The van der Waals surface area contributed by atoms with E-state index in [1.165, 1.54) is 5.69 Å². The van der Waals surface area contributed by atoms with Crippen LogP contribution in [0.3, 0.4) is 0 Å². The molecule has 0 aliphatic heterocycles. The first-order chi connectivity index (χ1) is 6.74. The van der Waals surface area contributed by atoms with Crippen LogP contribution >= 0.6 is 15.9 Å². The number of imidazole rings is 1. The minimum absolute atomic E-state index is 0.656. The molecule has 0 bridgehead atoms. The van der Waals surface area contributed by atoms with Crippen LogP contribution in [0.25, 0.3) is 5.65 Å². The average molecular weight is 254 g/mol. The topological polar surface area (TPSA) is 43.3 Å². The molecular weight excluding hydrogens is 242 g/mol. The van der Waals surface area contributed by atoms with E-state index >= 15 is 0 Å². The Morgan fingerprint density at radius 3 is 3.00 bits per heavy atom. The number of hydrogen-bond acceptors (Lipinski definition) is 2. The van der Waals surface area contributed by atoms with Gasteiger partial charge in [0.05, 0.1) is 5.69 Å². The van der Waals surface area contributed by atoms with Gasteiger partial charge in [0.25, 0.3) is 0 Å². The van der Waals surface area contributed by atoms with E-state index < -0.39 is 0 Å². The fourth-order valence-electron chi connectivity index (χ4n) is 1.58. The molecule has 0 saturated heterocycles. The predicted molar refractivity (Wildman–Crippen MR) is 60.4 cm³/mol. The lowest BCUT2D eigenvalue weighted by Gasteiger charge is -2.04. The van der Waals surface area contributed by atoms with E-state index in [1.54, 1.807) is 0 Å². The Hall–Kier alpha value is -0.870. The fraction of sp³-hybridized carbons (Fsp3) is 0.300. The van der Waals surface area contributed by atoms with Gasteiger partial charge in [0.1, 0.15) is 10.3 Å². The van der Waals surface area contributed by atoms with E-state index in [1.807, 2.05) is 19.1 Å². The van der Waals surface area contributed by atoms with Crippen LogP contribution in [0.4, 0.5) is 0 Å². The third kappa shape index (κ3) is 1.44. The third-order valence-corrected chi connectivity index (χ3v) is 3.16. The molecule has 0 radical (unpaired) electrons. The quantitative estimate of drug-likeness (QED) is 0.889. The molecule has 3 nitrogen and oxygen atoms in total. The van der Waals surface area contributed by atoms with E-state index in [0.717, 1.165) is 22.4 Å². The van der Waals surface area contributed by atoms with Gasteiger partial charge < -0.3 is 5.73 Å². The Kier molecular flexibility index (Phi) is 2.56. The second-order valence-electron chi connectivity index (χ2n) is 3.24. The Balaban J connectivity index is 2.71. The summed E-state index contributed by atoms with van der Waals surface area (Å²) in [5.41, 5.74) is 8.73. The summed E-state index contributed by atoms with van der Waals surface area (Å²) in [5.74, 6) is 0. The van der Waals surface area contributed by atoms with Crippen LogP contribution in [0.15, 0.2) is 22.8 Å². The zero-order valence-electron chi connectivity index (χ0n) is 8.00. The minimum Gasteiger partial charge on any atom is -0.330 e. The predicted octanol–water partition coefficient (Wildman–Crippen LogP) is 1.91. The smallest absolute Gasteiger partial charge is 0.138 e. The van der Waals surface area contributed by atoms with Gasteiger partial charge in [-0.3, -0.25) is 4.40 Å². The summed E-state index contributed by atoms with van der Waals surface area (Å²) in [4.78, 5) is 4.43. The Morgan fingerprint density at radius 1 is 1.50 bits per heavy atom. The maximum atomic E-state index is 5.56. The van der Waals surface area contributed by atoms with Crippen LogP contribution in [-0.2, 0) is 6.42 Å². The molecule has 0 aliphatic rings. The number of halogens is 1. The van der Waals surface area contributed by atoms with Crippen molar-refractivity contribution in [2.24, 2.45) is 5.73 Å². The van der Waals surface area contributed by atoms with Gasteiger partial charge >= 0.3 is 0 Å². The number of rotatable bonds is 2. The lowest BCUT2D eigenvalue weighted by Crippen LogP contribution is -2.06. The molecule has 0 aromatic carbocycles. The van der Waals surface area contributed by atoms with E-state index in [4.69, 9.17) is 5.73 Å². The SMILES string of the molecule is Cc1nc2cccc(CCN)n2c1Br. The van der Waals surface area contributed by atoms with Crippen molar-refractivity contribution < 1.29 is 0 Å². The number of aromatic nitrogens is 2. The van der Waals surface area contributed by atoms with Gasteiger partial charge in [0.15, 0.2) is 0 Å². The van der Waals surface area contributed by atoms with Crippen molar-refractivity contribution in [1.82, 2.24) is 9.38 Å². The molecule has 0 fully saturated rings. The molecule has 2 heterocycles. The van der Waals surface area contributed by atoms with Gasteiger partial charge in [-0.2, -0.15) is 0 Å². The Bertz CT molecular complexity index is 462. The first-order valence-electron chi connectivity index (χ1n) is 4.56. The Labute approximate surface area is 91.1 Å². The summed E-state index contributed by atoms with van der Waals surface area (Å²) in [6.45, 7) is 2.64. The van der Waals surface area contributed by atoms with Crippen molar-refractivity contribution in [3.63, 3.8) is 0 Å². The molecule has 74 valence electrons. The largest absolute Gasteiger partial charge is 0.330 e. The van der Waals surface area contributed by atoms with E-state index in [-0.39, 0.29) is 0 Å². The van der Waals surface area contributed by atoms with Crippen LogP contribution in [0.2, 0.25) is 0 Å². The van der Waals surface area contributed by atoms with Crippen LogP contribution in [0, 0.1) is 6.92 Å². The number of pyridine rings is 1. The summed E-state index contributed by atoms with van der Waals surface area (Å²) in [6, 6.07) is 6.09. The van der Waals surface area contributed by atoms with E-state index in [2.05, 4.69) is 31.4 Å². The molecule has 2 aromatic rings. The molecule has 2 aromatic heterocycles. The van der Waals surface area contributed by atoms with Gasteiger partial charge in [0.2, 0.25) is 0 Å². The molecule has 0 atom stereocenters. The number of nitrogens with zero attached hydrogens (tertiary/aromatic N) is 2. The number of hydrogen-bond donors (Lipinski definition) is 1. The third-order valence-electron chi connectivity index (χ3n) is 2.23. The van der Waals surface area contributed by atoms with Crippen LogP contribution in [0.1, 0.15) is 11.4 Å². The van der Waals surface area contributed by atoms with E-state index in [0.29, 0.717) is 6.54 Å². The second kappa shape index (κ2) is 3.71. The molecule has 4 heteroatoms. The van der Waals surface area contributed by atoms with Gasteiger partial charge in [0, 0.05) is 12.1 Å². The van der Waals surface area contributed by atoms with Crippen molar-refractivity contribution in [3.05, 3.63) is 34.2 Å². The molecule has 14 heavy (non-hydrogen) atoms. The highest BCUT2D eigenvalue weighted by molar-refractivity contribution is 9.10. The summed E-state index contributed by atoms with van der Waals surface area (Å²) in [5, 5.41) is 0. The van der Waals surface area contributed by atoms with Crippen molar-refractivity contribution >= 4 is 21.6 Å². The van der Waals surface area contributed by atoms with Crippen molar-refractivity contribution in [1.29, 1.82) is 0 Å². The van der Waals surface area contributed by atoms with Gasteiger partial charge in [-0.25, -0.2) is 4.98 Å². The molecule has 2 N–H and O–H groups in total. The second-order valence-corrected chi connectivity index (χ2v) is 3.99. The van der Waals surface area contributed by atoms with Gasteiger partial charge in [-0.15, -0.1) is 0 Å². The first kappa shape index (κ1) is 9.68. The maximum absolute atomic E-state index is 5.56. The van der Waals surface area contributed by atoms with E-state index in [9.17, 15) is 0 Å². The summed E-state index contributed by atoms with van der Waals surface area (Å²) in [7, 11) is 0. The van der Waals surface area contributed by atoms with Crippen LogP contribution in [-0.4, -0.2) is 15.9 Å². The van der Waals surface area contributed by atoms with Crippen molar-refractivity contribution in [2.45, 2.75) is 13.3 Å². The van der Waals surface area contributed by atoms with Crippen LogP contribution in [0.5, 0.6) is 0 Å². The molecule has 0 unspecified atom stereocenters. The highest BCUT2D eigenvalue weighted by Gasteiger charge is 2.07. The monoisotopic (exact) mass is 253 g/mol.